The minimum absolute atomic E-state index is 0.228. The van der Waals surface area contributed by atoms with Gasteiger partial charge in [-0.3, -0.25) is 4.68 Å². The zero-order valence-electron chi connectivity index (χ0n) is 10.5. The number of nitrogens with zero attached hydrogens (tertiary/aromatic N) is 2. The summed E-state index contributed by atoms with van der Waals surface area (Å²) < 4.78 is 1.78. The van der Waals surface area contributed by atoms with Crippen LogP contribution in [0.25, 0.3) is 0 Å². The molecular weight excluding hydrogens is 218 g/mol. The van der Waals surface area contributed by atoms with Gasteiger partial charge in [-0.05, 0) is 26.7 Å². The molecule has 17 heavy (non-hydrogen) atoms. The van der Waals surface area contributed by atoms with Gasteiger partial charge in [-0.1, -0.05) is 0 Å². The molecule has 0 aromatic carbocycles. The van der Waals surface area contributed by atoms with Gasteiger partial charge in [0.2, 0.25) is 0 Å². The first-order chi connectivity index (χ1) is 8.11. The van der Waals surface area contributed by atoms with Crippen LogP contribution in [-0.2, 0) is 13.1 Å². The highest BCUT2D eigenvalue weighted by Gasteiger charge is 2.22. The molecule has 5 nitrogen and oxygen atoms in total. The molecule has 1 fully saturated rings. The van der Waals surface area contributed by atoms with Crippen molar-refractivity contribution in [3.8, 4) is 0 Å². The van der Waals surface area contributed by atoms with E-state index in [0.717, 1.165) is 17.9 Å². The van der Waals surface area contributed by atoms with Gasteiger partial charge in [0.25, 0.3) is 0 Å². The van der Waals surface area contributed by atoms with Crippen LogP contribution in [-0.4, -0.2) is 38.7 Å². The summed E-state index contributed by atoms with van der Waals surface area (Å²) in [6.45, 7) is 4.96. The van der Waals surface area contributed by atoms with E-state index in [4.69, 9.17) is 5.11 Å². The van der Waals surface area contributed by atoms with Gasteiger partial charge in [-0.15, -0.1) is 0 Å². The predicted molar refractivity (Wildman–Crippen MR) is 64.7 cm³/mol. The normalized spacial score (nSPS) is 17.4. The summed E-state index contributed by atoms with van der Waals surface area (Å²) >= 11 is 0. The van der Waals surface area contributed by atoms with Gasteiger partial charge >= 0.3 is 0 Å². The molecule has 0 saturated heterocycles. The molecule has 0 aliphatic heterocycles. The summed E-state index contributed by atoms with van der Waals surface area (Å²) in [5, 5.41) is 26.2. The Balaban J connectivity index is 2.04. The van der Waals surface area contributed by atoms with E-state index in [1.807, 2.05) is 13.8 Å². The van der Waals surface area contributed by atoms with Crippen molar-refractivity contribution in [3.63, 3.8) is 0 Å². The molecule has 1 atom stereocenters. The number of aryl methyl sites for hydroxylation is 1. The maximum atomic E-state index is 9.44. The lowest BCUT2D eigenvalue weighted by Gasteiger charge is -2.09. The van der Waals surface area contributed by atoms with Gasteiger partial charge in [0.15, 0.2) is 0 Å². The van der Waals surface area contributed by atoms with Gasteiger partial charge in [0.1, 0.15) is 0 Å². The number of aliphatic hydroxyl groups excluding tert-OH is 2. The van der Waals surface area contributed by atoms with Gasteiger partial charge < -0.3 is 15.5 Å². The second-order valence-corrected chi connectivity index (χ2v) is 4.82. The fourth-order valence-electron chi connectivity index (χ4n) is 1.96. The Labute approximate surface area is 101 Å². The molecule has 1 saturated carbocycles. The number of rotatable bonds is 6. The molecule has 1 aliphatic rings. The van der Waals surface area contributed by atoms with E-state index in [1.165, 1.54) is 18.4 Å². The third-order valence-electron chi connectivity index (χ3n) is 3.27. The average Bonchev–Trinajstić information content (AvgIpc) is 3.07. The number of aliphatic hydroxyl groups is 2. The molecule has 1 aromatic rings. The fraction of sp³-hybridized carbons (Fsp3) is 0.750. The Morgan fingerprint density at radius 2 is 2.18 bits per heavy atom. The SMILES string of the molecule is Cc1nn(CC(O)CO)c(C)c1CNC1CC1. The summed E-state index contributed by atoms with van der Waals surface area (Å²) in [6, 6.07) is 0.681. The van der Waals surface area contributed by atoms with Gasteiger partial charge in [0, 0.05) is 23.8 Å². The van der Waals surface area contributed by atoms with Gasteiger partial charge in [0.05, 0.1) is 24.9 Å². The standard InChI is InChI=1S/C12H21N3O2/c1-8-12(5-13-10-3-4-10)9(2)15(14-8)6-11(17)7-16/h10-11,13,16-17H,3-7H2,1-2H3. The van der Waals surface area contributed by atoms with Gasteiger partial charge in [-0.25, -0.2) is 0 Å². The summed E-state index contributed by atoms with van der Waals surface area (Å²) in [5.74, 6) is 0. The Kier molecular flexibility index (Phi) is 3.81. The van der Waals surface area contributed by atoms with Crippen molar-refractivity contribution in [3.05, 3.63) is 17.0 Å². The van der Waals surface area contributed by atoms with E-state index in [9.17, 15) is 5.11 Å². The van der Waals surface area contributed by atoms with Crippen molar-refractivity contribution >= 4 is 0 Å². The summed E-state index contributed by atoms with van der Waals surface area (Å²) in [5.41, 5.74) is 3.28. The first-order valence-electron chi connectivity index (χ1n) is 6.17. The molecule has 0 bridgehead atoms. The molecule has 0 spiro atoms. The Hall–Kier alpha value is -0.910. The van der Waals surface area contributed by atoms with Crippen molar-refractivity contribution in [2.24, 2.45) is 0 Å². The topological polar surface area (TPSA) is 70.3 Å². The first kappa shape index (κ1) is 12.5. The average molecular weight is 239 g/mol. The van der Waals surface area contributed by atoms with Crippen LogP contribution in [0.15, 0.2) is 0 Å². The highest BCUT2D eigenvalue weighted by Crippen LogP contribution is 2.21. The molecule has 0 amide bonds. The van der Waals surface area contributed by atoms with Crippen molar-refractivity contribution in [2.45, 2.75) is 51.9 Å². The molecular formula is C12H21N3O2. The Morgan fingerprint density at radius 1 is 1.47 bits per heavy atom. The third-order valence-corrected chi connectivity index (χ3v) is 3.27. The molecule has 3 N–H and O–H groups in total. The zero-order chi connectivity index (χ0) is 12.4. The second kappa shape index (κ2) is 5.16. The summed E-state index contributed by atoms with van der Waals surface area (Å²) in [4.78, 5) is 0. The van der Waals surface area contributed by atoms with Crippen molar-refractivity contribution in [1.82, 2.24) is 15.1 Å². The highest BCUT2D eigenvalue weighted by molar-refractivity contribution is 5.24. The molecule has 1 aliphatic carbocycles. The van der Waals surface area contributed by atoms with E-state index >= 15 is 0 Å². The Morgan fingerprint density at radius 3 is 2.76 bits per heavy atom. The van der Waals surface area contributed by atoms with Crippen LogP contribution in [0.1, 0.15) is 29.8 Å². The van der Waals surface area contributed by atoms with Crippen LogP contribution in [0.5, 0.6) is 0 Å². The maximum Gasteiger partial charge on any atom is 0.0966 e. The van der Waals surface area contributed by atoms with E-state index in [1.54, 1.807) is 4.68 Å². The fourth-order valence-corrected chi connectivity index (χ4v) is 1.96. The molecule has 0 radical (unpaired) electrons. The lowest BCUT2D eigenvalue weighted by molar-refractivity contribution is 0.0776. The molecule has 2 rings (SSSR count). The maximum absolute atomic E-state index is 9.44. The lowest BCUT2D eigenvalue weighted by Crippen LogP contribution is -2.21. The summed E-state index contributed by atoms with van der Waals surface area (Å²) in [6.07, 6.45) is 1.81. The zero-order valence-corrected chi connectivity index (χ0v) is 10.5. The van der Waals surface area contributed by atoms with Crippen molar-refractivity contribution in [1.29, 1.82) is 0 Å². The van der Waals surface area contributed by atoms with E-state index < -0.39 is 6.10 Å². The molecule has 1 aromatic heterocycles. The molecule has 5 heteroatoms. The number of hydrogen-bond donors (Lipinski definition) is 3. The van der Waals surface area contributed by atoms with Crippen LogP contribution < -0.4 is 5.32 Å². The lowest BCUT2D eigenvalue weighted by atomic mass is 10.2. The molecule has 1 unspecified atom stereocenters. The number of aromatic nitrogens is 2. The largest absolute Gasteiger partial charge is 0.394 e. The van der Waals surface area contributed by atoms with E-state index in [-0.39, 0.29) is 6.61 Å². The monoisotopic (exact) mass is 239 g/mol. The third kappa shape index (κ3) is 3.06. The molecule has 96 valence electrons. The van der Waals surface area contributed by atoms with Crippen LogP contribution in [0.3, 0.4) is 0 Å². The van der Waals surface area contributed by atoms with Crippen LogP contribution in [0.2, 0.25) is 0 Å². The second-order valence-electron chi connectivity index (χ2n) is 4.82. The molecule has 1 heterocycles. The minimum atomic E-state index is -0.739. The number of nitrogens with one attached hydrogen (secondary N) is 1. The number of hydrogen-bond acceptors (Lipinski definition) is 4. The predicted octanol–water partition coefficient (Wildman–Crippen LogP) is 0.105. The summed E-state index contributed by atoms with van der Waals surface area (Å²) in [7, 11) is 0. The quantitative estimate of drug-likeness (QED) is 0.659. The van der Waals surface area contributed by atoms with Crippen molar-refractivity contribution < 1.29 is 10.2 Å². The minimum Gasteiger partial charge on any atom is -0.394 e. The van der Waals surface area contributed by atoms with Gasteiger partial charge in [-0.2, -0.15) is 5.10 Å². The van der Waals surface area contributed by atoms with Crippen LogP contribution in [0.4, 0.5) is 0 Å². The van der Waals surface area contributed by atoms with E-state index in [2.05, 4.69) is 10.4 Å². The van der Waals surface area contributed by atoms with E-state index in [0.29, 0.717) is 12.6 Å². The Bertz CT molecular complexity index is 385. The first-order valence-corrected chi connectivity index (χ1v) is 6.17. The van der Waals surface area contributed by atoms with Crippen LogP contribution >= 0.6 is 0 Å². The van der Waals surface area contributed by atoms with Crippen molar-refractivity contribution in [2.75, 3.05) is 6.61 Å². The smallest absolute Gasteiger partial charge is 0.0966 e. The highest BCUT2D eigenvalue weighted by atomic mass is 16.3. The van der Waals surface area contributed by atoms with Crippen LogP contribution in [0, 0.1) is 13.8 Å².